The van der Waals surface area contributed by atoms with Crippen molar-refractivity contribution in [3.05, 3.63) is 41.6 Å². The van der Waals surface area contributed by atoms with E-state index < -0.39 is 0 Å². The number of nitrogens with zero attached hydrogens (tertiary/aromatic N) is 1. The number of hydrogen-bond donors (Lipinski definition) is 1. The summed E-state index contributed by atoms with van der Waals surface area (Å²) in [5, 5.41) is 4.87. The van der Waals surface area contributed by atoms with E-state index in [1.165, 1.54) is 29.4 Å². The first kappa shape index (κ1) is 12.6. The Labute approximate surface area is 115 Å². The maximum Gasteiger partial charge on any atom is 0.0749 e. The van der Waals surface area contributed by atoms with Crippen molar-refractivity contribution < 1.29 is 0 Å². The zero-order valence-electron chi connectivity index (χ0n) is 12.0. The van der Waals surface area contributed by atoms with Crippen LogP contribution in [0, 0.1) is 0 Å². The summed E-state index contributed by atoms with van der Waals surface area (Å²) in [4.78, 5) is 4.61. The van der Waals surface area contributed by atoms with Gasteiger partial charge in [-0.3, -0.25) is 4.98 Å². The molecule has 1 aliphatic heterocycles. The fourth-order valence-corrected chi connectivity index (χ4v) is 2.87. The molecular weight excluding hydrogens is 232 g/mol. The molecule has 3 rings (SSSR count). The first-order valence-electron chi connectivity index (χ1n) is 7.18. The highest BCUT2D eigenvalue weighted by Crippen LogP contribution is 2.33. The lowest BCUT2D eigenvalue weighted by molar-refractivity contribution is 0.585. The van der Waals surface area contributed by atoms with Crippen LogP contribution >= 0.6 is 0 Å². The molecule has 1 N–H and O–H groups in total. The summed E-state index contributed by atoms with van der Waals surface area (Å²) in [6.45, 7) is 7.95. The van der Waals surface area contributed by atoms with Gasteiger partial charge < -0.3 is 5.32 Å². The molecule has 1 aliphatic rings. The first-order valence-corrected chi connectivity index (χ1v) is 7.18. The maximum absolute atomic E-state index is 4.61. The number of rotatable bonds is 1. The highest BCUT2D eigenvalue weighted by molar-refractivity contribution is 5.83. The molecule has 0 amide bonds. The van der Waals surface area contributed by atoms with Crippen LogP contribution < -0.4 is 5.32 Å². The molecule has 19 heavy (non-hydrogen) atoms. The van der Waals surface area contributed by atoms with Crippen molar-refractivity contribution in [1.29, 1.82) is 0 Å². The van der Waals surface area contributed by atoms with Crippen LogP contribution in [-0.4, -0.2) is 11.5 Å². The van der Waals surface area contributed by atoms with Gasteiger partial charge in [0.25, 0.3) is 0 Å². The van der Waals surface area contributed by atoms with Gasteiger partial charge in [-0.2, -0.15) is 0 Å². The summed E-state index contributed by atoms with van der Waals surface area (Å²) in [6.07, 6.45) is 4.38. The summed E-state index contributed by atoms with van der Waals surface area (Å²) in [6, 6.07) is 9.33. The maximum atomic E-state index is 4.61. The standard InChI is InChI=1S/C17H22N2/c1-17(2,3)13-10-12-6-4-9-19-16(12)14(11-13)15-7-5-8-18-15/h4,6,9-11,15,18H,5,7-8H2,1-3H3. The number of aromatic nitrogens is 1. The lowest BCUT2D eigenvalue weighted by Gasteiger charge is -2.23. The van der Waals surface area contributed by atoms with Crippen LogP contribution in [-0.2, 0) is 5.41 Å². The van der Waals surface area contributed by atoms with E-state index in [1.807, 2.05) is 12.3 Å². The summed E-state index contributed by atoms with van der Waals surface area (Å²) in [7, 11) is 0. The third-order valence-electron chi connectivity index (χ3n) is 4.04. The second kappa shape index (κ2) is 4.61. The fourth-order valence-electron chi connectivity index (χ4n) is 2.87. The van der Waals surface area contributed by atoms with Crippen molar-refractivity contribution in [2.75, 3.05) is 6.54 Å². The molecule has 1 atom stereocenters. The molecule has 0 bridgehead atoms. The molecule has 2 heterocycles. The topological polar surface area (TPSA) is 24.9 Å². The van der Waals surface area contributed by atoms with Gasteiger partial charge in [0.05, 0.1) is 5.52 Å². The Morgan fingerprint density at radius 2 is 2.11 bits per heavy atom. The van der Waals surface area contributed by atoms with Crippen molar-refractivity contribution in [2.45, 2.75) is 45.1 Å². The van der Waals surface area contributed by atoms with Gasteiger partial charge in [0.15, 0.2) is 0 Å². The third kappa shape index (κ3) is 2.37. The molecule has 0 aliphatic carbocycles. The quantitative estimate of drug-likeness (QED) is 0.833. The van der Waals surface area contributed by atoms with Crippen molar-refractivity contribution in [1.82, 2.24) is 10.3 Å². The fraction of sp³-hybridized carbons (Fsp3) is 0.471. The van der Waals surface area contributed by atoms with Crippen LogP contribution in [0.5, 0.6) is 0 Å². The molecule has 1 aromatic heterocycles. The van der Waals surface area contributed by atoms with Crippen molar-refractivity contribution in [2.24, 2.45) is 0 Å². The highest BCUT2D eigenvalue weighted by Gasteiger charge is 2.22. The van der Waals surface area contributed by atoms with Crippen LogP contribution in [0.4, 0.5) is 0 Å². The van der Waals surface area contributed by atoms with Gasteiger partial charge in [-0.25, -0.2) is 0 Å². The van der Waals surface area contributed by atoms with E-state index in [2.05, 4.69) is 49.3 Å². The molecule has 1 fully saturated rings. The number of hydrogen-bond acceptors (Lipinski definition) is 2. The van der Waals surface area contributed by atoms with Gasteiger partial charge in [-0.1, -0.05) is 32.9 Å². The predicted octanol–water partition coefficient (Wildman–Crippen LogP) is 3.96. The minimum atomic E-state index is 0.178. The number of nitrogens with one attached hydrogen (secondary N) is 1. The van der Waals surface area contributed by atoms with Gasteiger partial charge in [0.1, 0.15) is 0 Å². The Bertz CT molecular complexity index is 590. The normalized spacial score (nSPS) is 20.1. The summed E-state index contributed by atoms with van der Waals surface area (Å²) >= 11 is 0. The van der Waals surface area contributed by atoms with Gasteiger partial charge in [-0.15, -0.1) is 0 Å². The molecule has 1 aromatic carbocycles. The zero-order valence-corrected chi connectivity index (χ0v) is 12.0. The van der Waals surface area contributed by atoms with Gasteiger partial charge in [-0.05, 0) is 48.1 Å². The number of pyridine rings is 1. The summed E-state index contributed by atoms with van der Waals surface area (Å²) in [5.41, 5.74) is 4.12. The number of fused-ring (bicyclic) bond motifs is 1. The number of benzene rings is 1. The Morgan fingerprint density at radius 3 is 2.79 bits per heavy atom. The molecule has 0 saturated carbocycles. The van der Waals surface area contributed by atoms with Crippen LogP contribution in [0.15, 0.2) is 30.5 Å². The smallest absolute Gasteiger partial charge is 0.0749 e. The molecule has 100 valence electrons. The van der Waals surface area contributed by atoms with Crippen LogP contribution in [0.3, 0.4) is 0 Å². The first-order chi connectivity index (χ1) is 9.05. The molecule has 2 aromatic rings. The monoisotopic (exact) mass is 254 g/mol. The van der Waals surface area contributed by atoms with Crippen LogP contribution in [0.25, 0.3) is 10.9 Å². The SMILES string of the molecule is CC(C)(C)c1cc(C2CCCN2)c2ncccc2c1. The van der Waals surface area contributed by atoms with Crippen LogP contribution in [0.1, 0.15) is 50.8 Å². The highest BCUT2D eigenvalue weighted by atomic mass is 14.9. The second-order valence-electron chi connectivity index (χ2n) is 6.54. The Balaban J connectivity index is 2.21. The zero-order chi connectivity index (χ0) is 13.5. The van der Waals surface area contributed by atoms with E-state index >= 15 is 0 Å². The van der Waals surface area contributed by atoms with E-state index in [4.69, 9.17) is 0 Å². The summed E-state index contributed by atoms with van der Waals surface area (Å²) < 4.78 is 0. The molecule has 0 spiro atoms. The van der Waals surface area contributed by atoms with Gasteiger partial charge in [0, 0.05) is 17.6 Å². The minimum Gasteiger partial charge on any atom is -0.310 e. The summed E-state index contributed by atoms with van der Waals surface area (Å²) in [5.74, 6) is 0. The van der Waals surface area contributed by atoms with E-state index in [-0.39, 0.29) is 5.41 Å². The van der Waals surface area contributed by atoms with Gasteiger partial charge >= 0.3 is 0 Å². The lowest BCUT2D eigenvalue weighted by atomic mass is 9.84. The van der Waals surface area contributed by atoms with E-state index in [0.717, 1.165) is 12.1 Å². The van der Waals surface area contributed by atoms with E-state index in [0.29, 0.717) is 6.04 Å². The van der Waals surface area contributed by atoms with E-state index in [9.17, 15) is 0 Å². The third-order valence-corrected chi connectivity index (χ3v) is 4.04. The Morgan fingerprint density at radius 1 is 1.26 bits per heavy atom. The van der Waals surface area contributed by atoms with Crippen molar-refractivity contribution >= 4 is 10.9 Å². The minimum absolute atomic E-state index is 0.178. The molecule has 2 heteroatoms. The molecule has 0 radical (unpaired) electrons. The molecule has 1 saturated heterocycles. The predicted molar refractivity (Wildman–Crippen MR) is 80.4 cm³/mol. The lowest BCUT2D eigenvalue weighted by Crippen LogP contribution is -2.16. The van der Waals surface area contributed by atoms with Crippen molar-refractivity contribution in [3.63, 3.8) is 0 Å². The second-order valence-corrected chi connectivity index (χ2v) is 6.54. The molecule has 1 unspecified atom stereocenters. The molecule has 2 nitrogen and oxygen atoms in total. The van der Waals surface area contributed by atoms with Crippen molar-refractivity contribution in [3.8, 4) is 0 Å². The Hall–Kier alpha value is -1.41. The molecular formula is C17H22N2. The average Bonchev–Trinajstić information content (AvgIpc) is 2.90. The average molecular weight is 254 g/mol. The Kier molecular flexibility index (Phi) is 3.06. The van der Waals surface area contributed by atoms with Crippen LogP contribution in [0.2, 0.25) is 0 Å². The largest absolute Gasteiger partial charge is 0.310 e. The van der Waals surface area contributed by atoms with Gasteiger partial charge in [0.2, 0.25) is 0 Å². The van der Waals surface area contributed by atoms with E-state index in [1.54, 1.807) is 0 Å².